The highest BCUT2D eigenvalue weighted by atomic mass is 15.2. The number of pyridine rings is 1. The third kappa shape index (κ3) is 4.14. The minimum Gasteiger partial charge on any atom is -0.337 e. The number of likely N-dealkylation sites (tertiary alicyclic amines) is 1. The lowest BCUT2D eigenvalue weighted by atomic mass is 9.94. The van der Waals surface area contributed by atoms with Gasteiger partial charge in [0.1, 0.15) is 11.6 Å². The van der Waals surface area contributed by atoms with Crippen LogP contribution in [0, 0.1) is 6.92 Å². The Hall–Kier alpha value is -2.80. The second-order valence-electron chi connectivity index (χ2n) is 7.11. The molecule has 0 unspecified atom stereocenters. The molecular weight excluding hydrogens is 338 g/mol. The minimum atomic E-state index is 0.347. The number of aryl methyl sites for hydroxylation is 2. The first-order valence-corrected chi connectivity index (χ1v) is 9.39. The fourth-order valence-corrected chi connectivity index (χ4v) is 3.65. The molecule has 1 fully saturated rings. The van der Waals surface area contributed by atoms with E-state index in [4.69, 9.17) is 0 Å². The van der Waals surface area contributed by atoms with Crippen LogP contribution in [0.5, 0.6) is 0 Å². The van der Waals surface area contributed by atoms with Crippen molar-refractivity contribution < 1.29 is 0 Å². The van der Waals surface area contributed by atoms with Crippen molar-refractivity contribution in [2.24, 2.45) is 7.05 Å². The Balaban J connectivity index is 1.51. The summed E-state index contributed by atoms with van der Waals surface area (Å²) < 4.78 is 2.09. The number of hydrogen-bond donors (Lipinski definition) is 1. The summed E-state index contributed by atoms with van der Waals surface area (Å²) in [6, 6.07) is 5.94. The summed E-state index contributed by atoms with van der Waals surface area (Å²) >= 11 is 0. The standard InChI is InChI=1S/C20H25N7/c1-15-5-3-7-17(24-15)25-20-19(22-8-9-23-20)16-6-4-11-27(13-16)14-18-21-10-12-26(18)2/h3,5,7-10,12,16H,4,6,11,13-14H2,1-2H3,(H,23,24,25)/t16-/m0/s1. The van der Waals surface area contributed by atoms with Gasteiger partial charge in [0.15, 0.2) is 5.82 Å². The predicted octanol–water partition coefficient (Wildman–Crippen LogP) is 3.04. The Bertz CT molecular complexity index is 905. The summed E-state index contributed by atoms with van der Waals surface area (Å²) in [6.45, 7) is 4.90. The largest absolute Gasteiger partial charge is 0.337 e. The van der Waals surface area contributed by atoms with E-state index in [1.165, 1.54) is 0 Å². The molecule has 3 aromatic heterocycles. The van der Waals surface area contributed by atoms with E-state index in [1.54, 1.807) is 12.4 Å². The average Bonchev–Trinajstić information content (AvgIpc) is 3.07. The van der Waals surface area contributed by atoms with Crippen molar-refractivity contribution in [1.82, 2.24) is 29.4 Å². The summed E-state index contributed by atoms with van der Waals surface area (Å²) in [7, 11) is 2.04. The molecule has 7 nitrogen and oxygen atoms in total. The molecule has 0 amide bonds. The third-order valence-corrected chi connectivity index (χ3v) is 5.04. The number of nitrogens with one attached hydrogen (secondary N) is 1. The molecule has 140 valence electrons. The van der Waals surface area contributed by atoms with Gasteiger partial charge in [0.05, 0.1) is 12.2 Å². The number of rotatable bonds is 5. The van der Waals surface area contributed by atoms with Gasteiger partial charge in [0.25, 0.3) is 0 Å². The van der Waals surface area contributed by atoms with Crippen LogP contribution in [-0.4, -0.2) is 42.5 Å². The normalized spacial score (nSPS) is 17.8. The Morgan fingerprint density at radius 3 is 2.85 bits per heavy atom. The maximum atomic E-state index is 4.67. The number of anilines is 2. The van der Waals surface area contributed by atoms with Gasteiger partial charge in [-0.1, -0.05) is 6.07 Å². The third-order valence-electron chi connectivity index (χ3n) is 5.04. The number of hydrogen-bond acceptors (Lipinski definition) is 6. The van der Waals surface area contributed by atoms with Gasteiger partial charge in [-0.05, 0) is 38.4 Å². The zero-order valence-electron chi connectivity index (χ0n) is 15.8. The van der Waals surface area contributed by atoms with Gasteiger partial charge >= 0.3 is 0 Å². The maximum Gasteiger partial charge on any atom is 0.153 e. The quantitative estimate of drug-likeness (QED) is 0.751. The number of nitrogens with zero attached hydrogens (tertiary/aromatic N) is 6. The lowest BCUT2D eigenvalue weighted by molar-refractivity contribution is 0.193. The van der Waals surface area contributed by atoms with Gasteiger partial charge in [0.2, 0.25) is 0 Å². The molecule has 27 heavy (non-hydrogen) atoms. The van der Waals surface area contributed by atoms with Crippen LogP contribution in [0.25, 0.3) is 0 Å². The Labute approximate surface area is 159 Å². The molecule has 1 aliphatic rings. The van der Waals surface area contributed by atoms with E-state index in [-0.39, 0.29) is 0 Å². The van der Waals surface area contributed by atoms with E-state index in [0.29, 0.717) is 5.92 Å². The van der Waals surface area contributed by atoms with Crippen LogP contribution in [0.3, 0.4) is 0 Å². The zero-order valence-corrected chi connectivity index (χ0v) is 15.8. The van der Waals surface area contributed by atoms with Crippen LogP contribution in [0.2, 0.25) is 0 Å². The molecule has 4 heterocycles. The van der Waals surface area contributed by atoms with Gasteiger partial charge in [0, 0.05) is 50.0 Å². The molecule has 4 rings (SSSR count). The van der Waals surface area contributed by atoms with Crippen molar-refractivity contribution in [3.63, 3.8) is 0 Å². The highest BCUT2D eigenvalue weighted by Gasteiger charge is 2.26. The molecule has 0 spiro atoms. The van der Waals surface area contributed by atoms with E-state index in [9.17, 15) is 0 Å². The van der Waals surface area contributed by atoms with E-state index < -0.39 is 0 Å². The van der Waals surface area contributed by atoms with E-state index in [1.807, 2.05) is 44.6 Å². The van der Waals surface area contributed by atoms with Crippen LogP contribution >= 0.6 is 0 Å². The summed E-state index contributed by atoms with van der Waals surface area (Å²) in [5, 5.41) is 3.36. The lowest BCUT2D eigenvalue weighted by Gasteiger charge is -2.32. The molecule has 0 radical (unpaired) electrons. The first-order chi connectivity index (χ1) is 13.2. The van der Waals surface area contributed by atoms with Crippen molar-refractivity contribution in [1.29, 1.82) is 0 Å². The number of piperidine rings is 1. The van der Waals surface area contributed by atoms with Crippen molar-refractivity contribution in [2.45, 2.75) is 32.2 Å². The maximum absolute atomic E-state index is 4.67. The van der Waals surface area contributed by atoms with Crippen molar-refractivity contribution >= 4 is 11.6 Å². The average molecular weight is 363 g/mol. The fraction of sp³-hybridized carbons (Fsp3) is 0.400. The van der Waals surface area contributed by atoms with Crippen LogP contribution in [-0.2, 0) is 13.6 Å². The van der Waals surface area contributed by atoms with Crippen molar-refractivity contribution in [2.75, 3.05) is 18.4 Å². The van der Waals surface area contributed by atoms with Gasteiger partial charge in [-0.3, -0.25) is 9.88 Å². The lowest BCUT2D eigenvalue weighted by Crippen LogP contribution is -2.35. The monoisotopic (exact) mass is 363 g/mol. The molecule has 3 aromatic rings. The molecule has 0 saturated carbocycles. The SMILES string of the molecule is Cc1cccc(Nc2nccnc2[C@H]2CCCN(Cc3nccn3C)C2)n1. The smallest absolute Gasteiger partial charge is 0.153 e. The first kappa shape index (κ1) is 17.6. The molecule has 0 aromatic carbocycles. The van der Waals surface area contributed by atoms with Gasteiger partial charge < -0.3 is 9.88 Å². The minimum absolute atomic E-state index is 0.347. The van der Waals surface area contributed by atoms with Crippen molar-refractivity contribution in [3.8, 4) is 0 Å². The number of aromatic nitrogens is 5. The van der Waals surface area contributed by atoms with Gasteiger partial charge in [-0.25, -0.2) is 15.0 Å². The van der Waals surface area contributed by atoms with E-state index >= 15 is 0 Å². The molecule has 0 bridgehead atoms. The summed E-state index contributed by atoms with van der Waals surface area (Å²) in [4.78, 5) is 20.7. The van der Waals surface area contributed by atoms with Gasteiger partial charge in [-0.2, -0.15) is 0 Å². The molecule has 0 aliphatic carbocycles. The van der Waals surface area contributed by atoms with Crippen LogP contribution < -0.4 is 5.32 Å². The first-order valence-electron chi connectivity index (χ1n) is 9.39. The molecule has 1 atom stereocenters. The van der Waals surface area contributed by atoms with Crippen LogP contribution in [0.4, 0.5) is 11.6 Å². The second-order valence-corrected chi connectivity index (χ2v) is 7.11. The van der Waals surface area contributed by atoms with Crippen LogP contribution in [0.1, 0.15) is 36.0 Å². The second kappa shape index (κ2) is 7.84. The van der Waals surface area contributed by atoms with Crippen molar-refractivity contribution in [3.05, 3.63) is 60.2 Å². The molecular formula is C20H25N7. The molecule has 1 aliphatic heterocycles. The van der Waals surface area contributed by atoms with Gasteiger partial charge in [-0.15, -0.1) is 0 Å². The predicted molar refractivity (Wildman–Crippen MR) is 105 cm³/mol. The Morgan fingerprint density at radius 2 is 2.04 bits per heavy atom. The molecule has 7 heteroatoms. The van der Waals surface area contributed by atoms with E-state index in [0.717, 1.165) is 61.3 Å². The molecule has 1 saturated heterocycles. The van der Waals surface area contributed by atoms with Crippen LogP contribution in [0.15, 0.2) is 43.0 Å². The highest BCUT2D eigenvalue weighted by molar-refractivity contribution is 5.55. The topological polar surface area (TPSA) is 71.8 Å². The summed E-state index contributed by atoms with van der Waals surface area (Å²) in [6.07, 6.45) is 9.63. The fourth-order valence-electron chi connectivity index (χ4n) is 3.65. The summed E-state index contributed by atoms with van der Waals surface area (Å²) in [5.41, 5.74) is 2.00. The summed E-state index contributed by atoms with van der Waals surface area (Å²) in [5.74, 6) is 3.05. The van der Waals surface area contributed by atoms with E-state index in [2.05, 4.69) is 34.7 Å². The highest BCUT2D eigenvalue weighted by Crippen LogP contribution is 2.30. The zero-order chi connectivity index (χ0) is 18.6. The molecule has 1 N–H and O–H groups in total. The Morgan fingerprint density at radius 1 is 1.15 bits per heavy atom. The Kier molecular flexibility index (Phi) is 5.11. The number of imidazole rings is 1.